The predicted molar refractivity (Wildman–Crippen MR) is 96.7 cm³/mol. The molecule has 8 heteroatoms. The first-order valence-electron chi connectivity index (χ1n) is 7.88. The zero-order valence-electron chi connectivity index (χ0n) is 14.0. The third kappa shape index (κ3) is 4.27. The Morgan fingerprint density at radius 1 is 1.28 bits per heavy atom. The van der Waals surface area contributed by atoms with Gasteiger partial charge in [0.2, 0.25) is 5.91 Å². The number of methoxy groups -OCH3 is 1. The second-order valence-electron chi connectivity index (χ2n) is 5.43. The van der Waals surface area contributed by atoms with Crippen molar-refractivity contribution in [1.82, 2.24) is 25.3 Å². The molecule has 3 aromatic rings. The van der Waals surface area contributed by atoms with Crippen LogP contribution in [0.2, 0.25) is 0 Å². The van der Waals surface area contributed by atoms with Crippen molar-refractivity contribution >= 4 is 28.8 Å². The molecule has 25 heavy (non-hydrogen) atoms. The summed E-state index contributed by atoms with van der Waals surface area (Å²) in [7, 11) is 1.64. The van der Waals surface area contributed by atoms with Crippen molar-refractivity contribution in [1.29, 1.82) is 0 Å². The number of nitrogens with one attached hydrogen (secondary N) is 2. The average Bonchev–Trinajstić information content (AvgIpc) is 3.12. The number of amides is 1. The van der Waals surface area contributed by atoms with Crippen molar-refractivity contribution in [3.63, 3.8) is 0 Å². The van der Waals surface area contributed by atoms with Crippen LogP contribution in [0.25, 0.3) is 11.2 Å². The molecule has 1 atom stereocenters. The lowest BCUT2D eigenvalue weighted by molar-refractivity contribution is -0.120. The van der Waals surface area contributed by atoms with Gasteiger partial charge in [-0.15, -0.1) is 0 Å². The molecule has 0 saturated heterocycles. The van der Waals surface area contributed by atoms with Gasteiger partial charge in [0, 0.05) is 6.54 Å². The van der Waals surface area contributed by atoms with Gasteiger partial charge in [-0.1, -0.05) is 23.9 Å². The minimum absolute atomic E-state index is 0.0233. The number of carbonyl (C=O) groups is 1. The van der Waals surface area contributed by atoms with Crippen LogP contribution in [0, 0.1) is 0 Å². The van der Waals surface area contributed by atoms with Gasteiger partial charge >= 0.3 is 0 Å². The summed E-state index contributed by atoms with van der Waals surface area (Å²) >= 11 is 1.39. The largest absolute Gasteiger partial charge is 0.497 e. The van der Waals surface area contributed by atoms with Crippen molar-refractivity contribution in [2.45, 2.75) is 23.6 Å². The zero-order valence-corrected chi connectivity index (χ0v) is 14.8. The molecule has 0 saturated carbocycles. The Labute approximate surface area is 149 Å². The Balaban J connectivity index is 1.51. The number of H-pyrrole nitrogens is 1. The van der Waals surface area contributed by atoms with Crippen LogP contribution >= 0.6 is 11.8 Å². The maximum absolute atomic E-state index is 12.3. The van der Waals surface area contributed by atoms with E-state index in [4.69, 9.17) is 4.74 Å². The van der Waals surface area contributed by atoms with Crippen LogP contribution in [0.5, 0.6) is 5.75 Å². The van der Waals surface area contributed by atoms with E-state index >= 15 is 0 Å². The third-order valence-corrected chi connectivity index (χ3v) is 4.82. The highest BCUT2D eigenvalue weighted by molar-refractivity contribution is 8.00. The van der Waals surface area contributed by atoms with Crippen LogP contribution in [-0.4, -0.2) is 44.7 Å². The molecule has 0 bridgehead atoms. The number of fused-ring (bicyclic) bond motifs is 1. The molecule has 1 amide bonds. The molecule has 0 radical (unpaired) electrons. The Morgan fingerprint density at radius 2 is 2.08 bits per heavy atom. The van der Waals surface area contributed by atoms with Gasteiger partial charge in [-0.25, -0.2) is 15.0 Å². The molecule has 1 aromatic carbocycles. The summed E-state index contributed by atoms with van der Waals surface area (Å²) in [5.74, 6) is 0.803. The van der Waals surface area contributed by atoms with Crippen LogP contribution in [0.4, 0.5) is 0 Å². The van der Waals surface area contributed by atoms with Crippen LogP contribution < -0.4 is 10.1 Å². The number of hydrogen-bond donors (Lipinski definition) is 2. The number of ether oxygens (including phenoxy) is 1. The molecule has 130 valence electrons. The van der Waals surface area contributed by atoms with Crippen molar-refractivity contribution in [3.05, 3.63) is 42.5 Å². The van der Waals surface area contributed by atoms with E-state index in [2.05, 4.69) is 25.3 Å². The highest BCUT2D eigenvalue weighted by Crippen LogP contribution is 2.25. The molecule has 0 aliphatic rings. The molecule has 0 aliphatic heterocycles. The fourth-order valence-corrected chi connectivity index (χ4v) is 3.22. The first-order chi connectivity index (χ1) is 12.2. The van der Waals surface area contributed by atoms with Gasteiger partial charge in [-0.05, 0) is 31.0 Å². The Morgan fingerprint density at radius 3 is 2.84 bits per heavy atom. The van der Waals surface area contributed by atoms with Gasteiger partial charge in [0.15, 0.2) is 5.65 Å². The standard InChI is InChI=1S/C17H19N5O2S/c1-11(25-17-14-15(20-9-19-14)21-10-22-17)16(23)18-8-7-12-3-5-13(24-2)6-4-12/h3-6,9-11H,7-8H2,1-2H3,(H,18,23)(H,19,20,21,22). The summed E-state index contributed by atoms with van der Waals surface area (Å²) in [6.45, 7) is 2.44. The molecule has 2 heterocycles. The summed E-state index contributed by atoms with van der Waals surface area (Å²) in [6, 6.07) is 7.83. The maximum atomic E-state index is 12.3. The SMILES string of the molecule is COc1ccc(CCNC(=O)C(C)Sc2ncnc3nc[nH]c23)cc1. The van der Waals surface area contributed by atoms with Crippen molar-refractivity contribution in [3.8, 4) is 5.75 Å². The van der Waals surface area contributed by atoms with E-state index in [0.29, 0.717) is 12.2 Å². The molecule has 3 rings (SSSR count). The highest BCUT2D eigenvalue weighted by Gasteiger charge is 2.17. The predicted octanol–water partition coefficient (Wildman–Crippen LogP) is 2.20. The smallest absolute Gasteiger partial charge is 0.233 e. The lowest BCUT2D eigenvalue weighted by atomic mass is 10.1. The summed E-state index contributed by atoms with van der Waals surface area (Å²) in [5.41, 5.74) is 2.51. The van der Waals surface area contributed by atoms with Gasteiger partial charge < -0.3 is 15.0 Å². The number of thioether (sulfide) groups is 1. The number of nitrogens with zero attached hydrogens (tertiary/aromatic N) is 3. The number of benzene rings is 1. The third-order valence-electron chi connectivity index (χ3n) is 3.72. The van der Waals surface area contributed by atoms with E-state index in [1.54, 1.807) is 13.4 Å². The quantitative estimate of drug-likeness (QED) is 0.497. The highest BCUT2D eigenvalue weighted by atomic mass is 32.2. The van der Waals surface area contributed by atoms with Gasteiger partial charge in [-0.3, -0.25) is 4.79 Å². The van der Waals surface area contributed by atoms with Crippen molar-refractivity contribution < 1.29 is 9.53 Å². The van der Waals surface area contributed by atoms with E-state index in [9.17, 15) is 4.79 Å². The summed E-state index contributed by atoms with van der Waals surface area (Å²) in [5, 5.41) is 3.42. The first kappa shape index (κ1) is 17.2. The van der Waals surface area contributed by atoms with Crippen molar-refractivity contribution in [2.24, 2.45) is 0 Å². The fourth-order valence-electron chi connectivity index (χ4n) is 2.32. The van der Waals surface area contributed by atoms with Gasteiger partial charge in [0.25, 0.3) is 0 Å². The lowest BCUT2D eigenvalue weighted by Gasteiger charge is -2.12. The molecule has 2 aromatic heterocycles. The van der Waals surface area contributed by atoms with Gasteiger partial charge in [0.05, 0.1) is 18.7 Å². The fraction of sp³-hybridized carbons (Fsp3) is 0.294. The molecule has 0 spiro atoms. The molecule has 0 fully saturated rings. The summed E-state index contributed by atoms with van der Waals surface area (Å²) in [6.07, 6.45) is 3.80. The second-order valence-corrected chi connectivity index (χ2v) is 6.76. The Bertz CT molecular complexity index is 850. The van der Waals surface area contributed by atoms with Crippen LogP contribution in [-0.2, 0) is 11.2 Å². The van der Waals surface area contributed by atoms with Crippen molar-refractivity contribution in [2.75, 3.05) is 13.7 Å². The molecular formula is C17H19N5O2S. The van der Waals surface area contributed by atoms with E-state index in [-0.39, 0.29) is 11.2 Å². The number of carbonyl (C=O) groups excluding carboxylic acids is 1. The molecule has 1 unspecified atom stereocenters. The maximum Gasteiger partial charge on any atom is 0.233 e. The van der Waals surface area contributed by atoms with E-state index < -0.39 is 0 Å². The average molecular weight is 357 g/mol. The second kappa shape index (κ2) is 7.98. The van der Waals surface area contributed by atoms with Gasteiger partial charge in [-0.2, -0.15) is 0 Å². The first-order valence-corrected chi connectivity index (χ1v) is 8.76. The zero-order chi connectivity index (χ0) is 17.6. The minimum Gasteiger partial charge on any atom is -0.497 e. The topological polar surface area (TPSA) is 92.8 Å². The van der Waals surface area contributed by atoms with Crippen LogP contribution in [0.15, 0.2) is 41.9 Å². The minimum atomic E-state index is -0.266. The number of hydrogen-bond acceptors (Lipinski definition) is 6. The Kier molecular flexibility index (Phi) is 5.49. The monoisotopic (exact) mass is 357 g/mol. The summed E-state index contributed by atoms with van der Waals surface area (Å²) < 4.78 is 5.13. The molecule has 2 N–H and O–H groups in total. The van der Waals surface area contributed by atoms with E-state index in [0.717, 1.165) is 28.3 Å². The van der Waals surface area contributed by atoms with E-state index in [1.807, 2.05) is 31.2 Å². The normalized spacial score (nSPS) is 12.1. The summed E-state index contributed by atoms with van der Waals surface area (Å²) in [4.78, 5) is 27.7. The number of rotatable bonds is 7. The Hall–Kier alpha value is -2.61. The number of aromatic nitrogens is 4. The lowest BCUT2D eigenvalue weighted by Crippen LogP contribution is -2.32. The molecule has 7 nitrogen and oxygen atoms in total. The van der Waals surface area contributed by atoms with Crippen LogP contribution in [0.3, 0.4) is 0 Å². The number of imidazole rings is 1. The molecular weight excluding hydrogens is 338 g/mol. The van der Waals surface area contributed by atoms with E-state index in [1.165, 1.54) is 18.1 Å². The molecule has 0 aliphatic carbocycles. The van der Waals surface area contributed by atoms with Crippen LogP contribution in [0.1, 0.15) is 12.5 Å². The number of aromatic amines is 1. The van der Waals surface area contributed by atoms with Gasteiger partial charge in [0.1, 0.15) is 22.6 Å².